The minimum atomic E-state index is -0.335. The van der Waals surface area contributed by atoms with Crippen molar-refractivity contribution < 1.29 is 4.39 Å². The van der Waals surface area contributed by atoms with Crippen LogP contribution in [-0.2, 0) is 6.42 Å². The Hall–Kier alpha value is -0.680. The molecule has 3 nitrogen and oxygen atoms in total. The standard InChI is InChI=1S/C16H25ClFN3/c1-19-13(8-12-4-5-15(17)16(18)9-12)10-14-11-20(2)6-7-21(14)3/h4-5,9,13-14,19H,6-8,10-11H2,1-3H3. The van der Waals surface area contributed by atoms with Crippen molar-refractivity contribution in [3.05, 3.63) is 34.6 Å². The predicted molar refractivity (Wildman–Crippen MR) is 86.5 cm³/mol. The Bertz CT molecular complexity index is 469. The Morgan fingerprint density at radius 2 is 2.14 bits per heavy atom. The van der Waals surface area contributed by atoms with Crippen molar-refractivity contribution in [1.29, 1.82) is 0 Å². The van der Waals surface area contributed by atoms with Crippen LogP contribution in [0.2, 0.25) is 5.02 Å². The molecule has 1 aromatic carbocycles. The lowest BCUT2D eigenvalue weighted by Gasteiger charge is -2.39. The zero-order valence-electron chi connectivity index (χ0n) is 13.1. The highest BCUT2D eigenvalue weighted by molar-refractivity contribution is 6.30. The Balaban J connectivity index is 1.97. The molecule has 1 aliphatic rings. The van der Waals surface area contributed by atoms with Crippen molar-refractivity contribution in [3.63, 3.8) is 0 Å². The third-order valence-electron chi connectivity index (χ3n) is 4.41. The molecule has 0 aliphatic carbocycles. The number of rotatable bonds is 5. The minimum Gasteiger partial charge on any atom is -0.317 e. The third-order valence-corrected chi connectivity index (χ3v) is 4.72. The van der Waals surface area contributed by atoms with E-state index in [1.165, 1.54) is 0 Å². The summed E-state index contributed by atoms with van der Waals surface area (Å²) in [5, 5.41) is 3.56. The van der Waals surface area contributed by atoms with Gasteiger partial charge in [0.25, 0.3) is 0 Å². The molecule has 0 spiro atoms. The molecule has 1 fully saturated rings. The van der Waals surface area contributed by atoms with Gasteiger partial charge in [-0.1, -0.05) is 17.7 Å². The molecule has 1 saturated heterocycles. The van der Waals surface area contributed by atoms with Gasteiger partial charge in [-0.15, -0.1) is 0 Å². The Morgan fingerprint density at radius 3 is 2.81 bits per heavy atom. The summed E-state index contributed by atoms with van der Waals surface area (Å²) in [7, 11) is 6.33. The van der Waals surface area contributed by atoms with Crippen molar-refractivity contribution in [2.24, 2.45) is 0 Å². The number of benzene rings is 1. The molecule has 0 bridgehead atoms. The second kappa shape index (κ2) is 7.54. The number of piperazine rings is 1. The Labute approximate surface area is 132 Å². The second-order valence-electron chi connectivity index (χ2n) is 6.07. The van der Waals surface area contributed by atoms with Crippen molar-refractivity contribution in [2.45, 2.75) is 24.9 Å². The van der Waals surface area contributed by atoms with E-state index < -0.39 is 0 Å². The summed E-state index contributed by atoms with van der Waals surface area (Å²) in [4.78, 5) is 4.80. The molecule has 1 aromatic rings. The summed E-state index contributed by atoms with van der Waals surface area (Å²) in [6.45, 7) is 3.32. The monoisotopic (exact) mass is 313 g/mol. The van der Waals surface area contributed by atoms with Crippen LogP contribution in [-0.4, -0.2) is 62.7 Å². The van der Waals surface area contributed by atoms with E-state index in [-0.39, 0.29) is 10.8 Å². The number of nitrogens with zero attached hydrogens (tertiary/aromatic N) is 2. The smallest absolute Gasteiger partial charge is 0.142 e. The first kappa shape index (κ1) is 16.7. The van der Waals surface area contributed by atoms with Gasteiger partial charge >= 0.3 is 0 Å². The molecule has 2 rings (SSSR count). The summed E-state index contributed by atoms with van der Waals surface area (Å²) < 4.78 is 13.5. The largest absolute Gasteiger partial charge is 0.317 e. The lowest BCUT2D eigenvalue weighted by atomic mass is 9.97. The highest BCUT2D eigenvalue weighted by atomic mass is 35.5. The molecule has 0 aromatic heterocycles. The molecule has 21 heavy (non-hydrogen) atoms. The van der Waals surface area contributed by atoms with Gasteiger partial charge in [0.05, 0.1) is 5.02 Å². The molecule has 2 atom stereocenters. The highest BCUT2D eigenvalue weighted by Crippen LogP contribution is 2.19. The van der Waals surface area contributed by atoms with Crippen LogP contribution in [0.1, 0.15) is 12.0 Å². The van der Waals surface area contributed by atoms with Crippen molar-refractivity contribution >= 4 is 11.6 Å². The summed E-state index contributed by atoms with van der Waals surface area (Å²) in [6, 6.07) is 5.97. The fourth-order valence-corrected chi connectivity index (χ4v) is 3.06. The van der Waals surface area contributed by atoms with Crippen LogP contribution in [0.3, 0.4) is 0 Å². The van der Waals surface area contributed by atoms with E-state index in [1.807, 2.05) is 13.1 Å². The van der Waals surface area contributed by atoms with Crippen LogP contribution in [0.15, 0.2) is 18.2 Å². The number of hydrogen-bond acceptors (Lipinski definition) is 3. The van der Waals surface area contributed by atoms with Crippen LogP contribution in [0.5, 0.6) is 0 Å². The maximum atomic E-state index is 13.5. The highest BCUT2D eigenvalue weighted by Gasteiger charge is 2.24. The van der Waals surface area contributed by atoms with Gasteiger partial charge in [0, 0.05) is 31.7 Å². The lowest BCUT2D eigenvalue weighted by Crippen LogP contribution is -2.52. The summed E-state index contributed by atoms with van der Waals surface area (Å²) in [6.07, 6.45) is 1.88. The van der Waals surface area contributed by atoms with E-state index >= 15 is 0 Å². The predicted octanol–water partition coefficient (Wildman–Crippen LogP) is 2.25. The molecular formula is C16H25ClFN3. The summed E-state index contributed by atoms with van der Waals surface area (Å²) in [5.41, 5.74) is 0.989. The fraction of sp³-hybridized carbons (Fsp3) is 0.625. The van der Waals surface area contributed by atoms with Crippen LogP contribution >= 0.6 is 11.6 Å². The van der Waals surface area contributed by atoms with Crippen molar-refractivity contribution in [1.82, 2.24) is 15.1 Å². The van der Waals surface area contributed by atoms with Crippen LogP contribution in [0.4, 0.5) is 4.39 Å². The first-order chi connectivity index (χ1) is 9.99. The van der Waals surface area contributed by atoms with E-state index in [4.69, 9.17) is 11.6 Å². The number of nitrogens with one attached hydrogen (secondary N) is 1. The second-order valence-corrected chi connectivity index (χ2v) is 6.48. The zero-order chi connectivity index (χ0) is 15.4. The van der Waals surface area contributed by atoms with E-state index in [0.29, 0.717) is 12.1 Å². The van der Waals surface area contributed by atoms with Gasteiger partial charge in [0.1, 0.15) is 5.82 Å². The molecule has 0 amide bonds. The van der Waals surface area contributed by atoms with E-state index in [2.05, 4.69) is 29.2 Å². The average molecular weight is 314 g/mol. The SMILES string of the molecule is CNC(Cc1ccc(Cl)c(F)c1)CC1CN(C)CCN1C. The average Bonchev–Trinajstić information content (AvgIpc) is 2.46. The number of likely N-dealkylation sites (N-methyl/N-ethyl adjacent to an activating group) is 3. The molecule has 1 aliphatic heterocycles. The minimum absolute atomic E-state index is 0.188. The van der Waals surface area contributed by atoms with Gasteiger partial charge in [-0.05, 0) is 51.7 Å². The van der Waals surface area contributed by atoms with Gasteiger partial charge in [-0.2, -0.15) is 0 Å². The molecule has 1 heterocycles. The quantitative estimate of drug-likeness (QED) is 0.899. The molecule has 2 unspecified atom stereocenters. The van der Waals surface area contributed by atoms with Crippen LogP contribution in [0.25, 0.3) is 0 Å². The topological polar surface area (TPSA) is 18.5 Å². The van der Waals surface area contributed by atoms with Gasteiger partial charge in [0.2, 0.25) is 0 Å². The van der Waals surface area contributed by atoms with Gasteiger partial charge in [0.15, 0.2) is 0 Å². The maximum Gasteiger partial charge on any atom is 0.142 e. The fourth-order valence-electron chi connectivity index (χ4n) is 2.94. The van der Waals surface area contributed by atoms with E-state index in [1.54, 1.807) is 12.1 Å². The first-order valence-electron chi connectivity index (χ1n) is 7.49. The Morgan fingerprint density at radius 1 is 1.38 bits per heavy atom. The zero-order valence-corrected chi connectivity index (χ0v) is 13.8. The molecule has 118 valence electrons. The molecule has 0 saturated carbocycles. The Kier molecular flexibility index (Phi) is 5.99. The van der Waals surface area contributed by atoms with Crippen LogP contribution < -0.4 is 5.32 Å². The number of hydrogen-bond donors (Lipinski definition) is 1. The van der Waals surface area contributed by atoms with Gasteiger partial charge in [-0.25, -0.2) is 4.39 Å². The third kappa shape index (κ3) is 4.65. The molecule has 5 heteroatoms. The van der Waals surface area contributed by atoms with Crippen molar-refractivity contribution in [2.75, 3.05) is 40.8 Å². The normalized spacial score (nSPS) is 22.4. The maximum absolute atomic E-state index is 13.5. The summed E-state index contributed by atoms with van der Waals surface area (Å²) >= 11 is 5.74. The lowest BCUT2D eigenvalue weighted by molar-refractivity contribution is 0.102. The molecule has 1 N–H and O–H groups in total. The van der Waals surface area contributed by atoms with Crippen LogP contribution in [0, 0.1) is 5.82 Å². The van der Waals surface area contributed by atoms with Gasteiger partial charge < -0.3 is 15.1 Å². The molecule has 0 radical (unpaired) electrons. The van der Waals surface area contributed by atoms with Gasteiger partial charge in [-0.3, -0.25) is 0 Å². The molecular weight excluding hydrogens is 289 g/mol. The summed E-state index contributed by atoms with van der Waals surface area (Å²) in [5.74, 6) is -0.335. The number of halogens is 2. The van der Waals surface area contributed by atoms with Crippen molar-refractivity contribution in [3.8, 4) is 0 Å². The van der Waals surface area contributed by atoms with E-state index in [9.17, 15) is 4.39 Å². The van der Waals surface area contributed by atoms with E-state index in [0.717, 1.165) is 38.0 Å². The first-order valence-corrected chi connectivity index (χ1v) is 7.87.